The maximum Gasteiger partial charge on any atom is 0.266 e. The first-order chi connectivity index (χ1) is 13.8. The minimum Gasteiger partial charge on any atom is -0.393 e. The third kappa shape index (κ3) is 7.31. The van der Waals surface area contributed by atoms with Crippen molar-refractivity contribution in [2.45, 2.75) is 59.9 Å². The number of nitrogens with zero attached hydrogens (tertiary/aromatic N) is 3. The molecule has 0 atom stereocenters. The molecule has 2 heterocycles. The van der Waals surface area contributed by atoms with E-state index >= 15 is 0 Å². The van der Waals surface area contributed by atoms with Crippen LogP contribution in [-0.2, 0) is 6.54 Å². The molecule has 0 bridgehead atoms. The van der Waals surface area contributed by atoms with E-state index in [1.165, 1.54) is 11.3 Å². The molecule has 0 aliphatic carbocycles. The number of nitrogen functional groups attached to an aromatic ring is 1. The van der Waals surface area contributed by atoms with E-state index in [9.17, 15) is 8.78 Å². The third-order valence-electron chi connectivity index (χ3n) is 3.91. The van der Waals surface area contributed by atoms with Crippen LogP contribution in [0.3, 0.4) is 0 Å². The summed E-state index contributed by atoms with van der Waals surface area (Å²) in [6.45, 7) is 10.2. The summed E-state index contributed by atoms with van der Waals surface area (Å²) in [5, 5.41) is 3.75. The average Bonchev–Trinajstić information content (AvgIpc) is 3.05. The first-order valence-electron chi connectivity index (χ1n) is 10.0. The van der Waals surface area contributed by atoms with Crippen molar-refractivity contribution in [3.63, 3.8) is 0 Å². The molecule has 29 heavy (non-hydrogen) atoms. The van der Waals surface area contributed by atoms with Crippen molar-refractivity contribution in [1.82, 2.24) is 9.97 Å². The number of hydrogen-bond donors (Lipinski definition) is 2. The summed E-state index contributed by atoms with van der Waals surface area (Å²) in [5.41, 5.74) is 7.28. The molecule has 0 unspecified atom stereocenters. The molecule has 1 aromatic heterocycles. The Kier molecular flexibility index (Phi) is 10.1. The van der Waals surface area contributed by atoms with Gasteiger partial charge in [-0.3, -0.25) is 0 Å². The molecule has 1 fully saturated rings. The second-order valence-corrected chi connectivity index (χ2v) is 6.94. The van der Waals surface area contributed by atoms with E-state index in [0.717, 1.165) is 5.56 Å². The van der Waals surface area contributed by atoms with Gasteiger partial charge in [0.1, 0.15) is 11.5 Å². The molecule has 0 saturated carbocycles. The van der Waals surface area contributed by atoms with Crippen LogP contribution >= 0.6 is 11.6 Å². The fraction of sp³-hybridized carbons (Fsp3) is 0.524. The summed E-state index contributed by atoms with van der Waals surface area (Å²) in [4.78, 5) is 10.0. The molecule has 5 nitrogen and oxygen atoms in total. The Morgan fingerprint density at radius 3 is 2.38 bits per heavy atom. The molecule has 1 saturated heterocycles. The van der Waals surface area contributed by atoms with Crippen molar-refractivity contribution < 1.29 is 8.78 Å². The van der Waals surface area contributed by atoms with Crippen molar-refractivity contribution >= 4 is 28.9 Å². The number of anilines is 3. The van der Waals surface area contributed by atoms with Crippen LogP contribution in [0.2, 0.25) is 5.02 Å². The molecule has 0 radical (unpaired) electrons. The summed E-state index contributed by atoms with van der Waals surface area (Å²) in [6.07, 6.45) is 1.05. The highest BCUT2D eigenvalue weighted by molar-refractivity contribution is 6.31. The minimum absolute atomic E-state index is 0.197. The van der Waals surface area contributed by atoms with Gasteiger partial charge in [0.2, 0.25) is 0 Å². The van der Waals surface area contributed by atoms with Crippen LogP contribution in [0.1, 0.15) is 51.9 Å². The lowest BCUT2D eigenvalue weighted by atomic mass is 10.2. The molecule has 162 valence electrons. The van der Waals surface area contributed by atoms with E-state index in [1.54, 1.807) is 13.0 Å². The molecule has 0 spiro atoms. The predicted molar refractivity (Wildman–Crippen MR) is 119 cm³/mol. The molecule has 3 N–H and O–H groups in total. The molecule has 2 aromatic rings. The third-order valence-corrected chi connectivity index (χ3v) is 4.28. The van der Waals surface area contributed by atoms with E-state index in [2.05, 4.69) is 29.1 Å². The maximum absolute atomic E-state index is 13.5. The zero-order valence-corrected chi connectivity index (χ0v) is 18.7. The Hall–Kier alpha value is -2.15. The summed E-state index contributed by atoms with van der Waals surface area (Å²) >= 11 is 6.13. The van der Waals surface area contributed by atoms with E-state index in [-0.39, 0.29) is 25.2 Å². The standard InChI is InChI=1S/C16H18ClF2N5.C3H8.C2H6/c1-10-22-14(21-8-11-4-2-3-5-12(11)17)13(20)15(23-10)24-7-6-16(18,19)9-24;1-3-2;1-2/h2-5H,6-9,20H2,1H3,(H,21,22,23);3H2,1-2H3;1-2H3. The smallest absolute Gasteiger partial charge is 0.266 e. The van der Waals surface area contributed by atoms with Crippen molar-refractivity contribution in [1.29, 1.82) is 0 Å². The fourth-order valence-electron chi connectivity index (χ4n) is 2.68. The number of aryl methyl sites for hydroxylation is 1. The number of nitrogens with two attached hydrogens (primary N) is 1. The Morgan fingerprint density at radius 1 is 1.21 bits per heavy atom. The number of alkyl halides is 2. The van der Waals surface area contributed by atoms with Gasteiger partial charge in [0, 0.05) is 24.5 Å². The highest BCUT2D eigenvalue weighted by Crippen LogP contribution is 2.35. The minimum atomic E-state index is -2.71. The molecule has 8 heteroatoms. The zero-order chi connectivity index (χ0) is 22.0. The second-order valence-electron chi connectivity index (χ2n) is 6.54. The molecule has 1 aliphatic heterocycles. The van der Waals surface area contributed by atoms with Gasteiger partial charge in [-0.1, -0.05) is 63.9 Å². The van der Waals surface area contributed by atoms with Crippen molar-refractivity contribution in [2.24, 2.45) is 0 Å². The Bertz CT molecular complexity index is 771. The lowest BCUT2D eigenvalue weighted by molar-refractivity contribution is 0.0257. The number of halogens is 3. The van der Waals surface area contributed by atoms with E-state index in [0.29, 0.717) is 29.0 Å². The zero-order valence-electron chi connectivity index (χ0n) is 17.9. The summed E-state index contributed by atoms with van der Waals surface area (Å²) in [5.74, 6) is -1.47. The molecule has 1 aromatic carbocycles. The normalized spacial score (nSPS) is 14.4. The van der Waals surface area contributed by atoms with Crippen LogP contribution in [0.4, 0.5) is 26.1 Å². The van der Waals surface area contributed by atoms with Gasteiger partial charge < -0.3 is 16.0 Å². The van der Waals surface area contributed by atoms with Crippen LogP contribution in [0.5, 0.6) is 0 Å². The molecule has 1 aliphatic rings. The SMILES string of the molecule is CC.CCC.Cc1nc(NCc2ccccc2Cl)c(N)c(N2CCC(F)(F)C2)n1. The number of hydrogen-bond acceptors (Lipinski definition) is 5. The highest BCUT2D eigenvalue weighted by atomic mass is 35.5. The van der Waals surface area contributed by atoms with E-state index in [1.807, 2.05) is 32.0 Å². The summed E-state index contributed by atoms with van der Waals surface area (Å²) < 4.78 is 26.9. The largest absolute Gasteiger partial charge is 0.393 e. The van der Waals surface area contributed by atoms with Crippen LogP contribution in [0.25, 0.3) is 0 Å². The summed E-state index contributed by atoms with van der Waals surface area (Å²) in [7, 11) is 0. The van der Waals surface area contributed by atoms with Crippen LogP contribution in [0.15, 0.2) is 24.3 Å². The van der Waals surface area contributed by atoms with Crippen molar-refractivity contribution in [3.8, 4) is 0 Å². The van der Waals surface area contributed by atoms with Gasteiger partial charge in [-0.2, -0.15) is 0 Å². The van der Waals surface area contributed by atoms with E-state index < -0.39 is 5.92 Å². The average molecular weight is 428 g/mol. The van der Waals surface area contributed by atoms with Crippen LogP contribution in [-0.4, -0.2) is 29.0 Å². The van der Waals surface area contributed by atoms with Gasteiger partial charge in [0.25, 0.3) is 5.92 Å². The first kappa shape index (κ1) is 24.9. The van der Waals surface area contributed by atoms with Crippen LogP contribution in [0, 0.1) is 6.92 Å². The quantitative estimate of drug-likeness (QED) is 0.633. The number of rotatable bonds is 4. The van der Waals surface area contributed by atoms with Gasteiger partial charge in [-0.15, -0.1) is 0 Å². The Labute approximate surface area is 177 Å². The molecular formula is C21H32ClF2N5. The monoisotopic (exact) mass is 427 g/mol. The van der Waals surface area contributed by atoms with Crippen molar-refractivity contribution in [2.75, 3.05) is 29.0 Å². The van der Waals surface area contributed by atoms with E-state index in [4.69, 9.17) is 17.3 Å². The Morgan fingerprint density at radius 2 is 1.83 bits per heavy atom. The van der Waals surface area contributed by atoms with Gasteiger partial charge >= 0.3 is 0 Å². The second kappa shape index (κ2) is 11.8. The topological polar surface area (TPSA) is 67.1 Å². The first-order valence-corrected chi connectivity index (χ1v) is 10.4. The van der Waals surface area contributed by atoms with Crippen molar-refractivity contribution in [3.05, 3.63) is 40.7 Å². The maximum atomic E-state index is 13.5. The number of nitrogens with one attached hydrogen (secondary N) is 1. The van der Waals surface area contributed by atoms with Gasteiger partial charge in [0.15, 0.2) is 11.6 Å². The fourth-order valence-corrected chi connectivity index (χ4v) is 2.88. The predicted octanol–water partition coefficient (Wildman–Crippen LogP) is 5.92. The lowest BCUT2D eigenvalue weighted by Gasteiger charge is -2.21. The Balaban J connectivity index is 0.000000771. The lowest BCUT2D eigenvalue weighted by Crippen LogP contribution is -2.27. The van der Waals surface area contributed by atoms with Gasteiger partial charge in [-0.05, 0) is 18.6 Å². The number of aromatic nitrogens is 2. The molecule has 3 rings (SSSR count). The number of benzene rings is 1. The highest BCUT2D eigenvalue weighted by Gasteiger charge is 2.39. The molecule has 0 amide bonds. The molecular weight excluding hydrogens is 396 g/mol. The van der Waals surface area contributed by atoms with Gasteiger partial charge in [0.05, 0.1) is 6.54 Å². The summed E-state index contributed by atoms with van der Waals surface area (Å²) in [6, 6.07) is 7.42. The van der Waals surface area contributed by atoms with Gasteiger partial charge in [-0.25, -0.2) is 18.7 Å². The van der Waals surface area contributed by atoms with Crippen LogP contribution < -0.4 is 16.0 Å².